The monoisotopic (exact) mass is 492 g/mol. The third-order valence-corrected chi connectivity index (χ3v) is 5.82. The second-order valence-electron chi connectivity index (χ2n) is 8.99. The number of hydrogen-bond donors (Lipinski definition) is 4. The highest BCUT2D eigenvalue weighted by atomic mass is 16.6. The van der Waals surface area contributed by atoms with Crippen LogP contribution in [0.3, 0.4) is 0 Å². The molecule has 0 radical (unpaired) electrons. The summed E-state index contributed by atoms with van der Waals surface area (Å²) in [5, 5.41) is 22.5. The van der Waals surface area contributed by atoms with Crippen molar-refractivity contribution in [1.29, 1.82) is 0 Å². The summed E-state index contributed by atoms with van der Waals surface area (Å²) in [5.74, 6) is -0.0521. The number of carbonyl (C=O) groups is 2. The first kappa shape index (κ1) is 26.7. The molecule has 1 atom stereocenters. The smallest absolute Gasteiger partial charge is 0.412 e. The number of aliphatic hydroxyl groups is 1. The molecule has 0 aliphatic heterocycles. The van der Waals surface area contributed by atoms with Crippen LogP contribution in [0.15, 0.2) is 78.9 Å². The zero-order valence-electron chi connectivity index (χ0n) is 20.4. The van der Waals surface area contributed by atoms with Crippen LogP contribution in [0, 0.1) is 5.41 Å². The Bertz CT molecular complexity index is 1200. The van der Waals surface area contributed by atoms with E-state index in [1.54, 1.807) is 23.7 Å². The van der Waals surface area contributed by atoms with Gasteiger partial charge in [-0.3, -0.25) is 15.3 Å². The Kier molecular flexibility index (Phi) is 9.44. The van der Waals surface area contributed by atoms with Crippen molar-refractivity contribution in [3.8, 4) is 5.75 Å². The van der Waals surface area contributed by atoms with Crippen LogP contribution in [0.4, 0.5) is 10.5 Å². The number of rotatable bonds is 11. The van der Waals surface area contributed by atoms with Crippen molar-refractivity contribution >= 4 is 28.5 Å². The van der Waals surface area contributed by atoms with E-state index in [4.69, 9.17) is 19.8 Å². The average molecular weight is 493 g/mol. The Labute approximate surface area is 210 Å². The predicted molar refractivity (Wildman–Crippen MR) is 138 cm³/mol. The molecule has 0 fully saturated rings. The van der Waals surface area contributed by atoms with Crippen LogP contribution in [0.5, 0.6) is 5.75 Å². The van der Waals surface area contributed by atoms with Crippen LogP contribution in [-0.4, -0.2) is 35.5 Å². The molecular weight excluding hydrogens is 460 g/mol. The number of benzene rings is 3. The summed E-state index contributed by atoms with van der Waals surface area (Å²) in [4.78, 5) is 24.4. The number of amides is 2. The van der Waals surface area contributed by atoms with Gasteiger partial charge in [-0.25, -0.2) is 10.3 Å². The fraction of sp³-hybridized carbons (Fsp3) is 0.286. The molecule has 2 amide bonds. The number of allylic oxidation sites excluding steroid dienone is 1. The fourth-order valence-electron chi connectivity index (χ4n) is 4.00. The van der Waals surface area contributed by atoms with E-state index >= 15 is 0 Å². The summed E-state index contributed by atoms with van der Waals surface area (Å²) >= 11 is 0. The summed E-state index contributed by atoms with van der Waals surface area (Å²) in [7, 11) is 0. The van der Waals surface area contributed by atoms with Gasteiger partial charge in [0.15, 0.2) is 0 Å². The van der Waals surface area contributed by atoms with Crippen molar-refractivity contribution in [2.24, 2.45) is 5.41 Å². The number of anilines is 1. The summed E-state index contributed by atoms with van der Waals surface area (Å²) in [6, 6.07) is 20.7. The molecule has 0 saturated carbocycles. The maximum atomic E-state index is 13.1. The van der Waals surface area contributed by atoms with Gasteiger partial charge in [0.05, 0.1) is 12.3 Å². The largest absolute Gasteiger partial charge is 0.491 e. The minimum absolute atomic E-state index is 0.114. The molecule has 3 rings (SSSR count). The summed E-state index contributed by atoms with van der Waals surface area (Å²) < 4.78 is 11.6. The Morgan fingerprint density at radius 2 is 1.81 bits per heavy atom. The van der Waals surface area contributed by atoms with Crippen LogP contribution in [-0.2, 0) is 9.53 Å². The zero-order chi connectivity index (χ0) is 26.0. The molecule has 3 aromatic rings. The van der Waals surface area contributed by atoms with Gasteiger partial charge in [0.2, 0.25) is 0 Å². The number of nitrogens with one attached hydrogen (secondary N) is 2. The molecule has 190 valence electrons. The quantitative estimate of drug-likeness (QED) is 0.162. The van der Waals surface area contributed by atoms with E-state index in [1.807, 2.05) is 68.4 Å². The first-order valence-corrected chi connectivity index (χ1v) is 11.7. The van der Waals surface area contributed by atoms with Gasteiger partial charge >= 0.3 is 6.09 Å². The molecule has 8 nitrogen and oxygen atoms in total. The molecule has 4 N–H and O–H groups in total. The molecule has 0 spiro atoms. The van der Waals surface area contributed by atoms with E-state index in [0.29, 0.717) is 24.3 Å². The van der Waals surface area contributed by atoms with Gasteiger partial charge in [-0.1, -0.05) is 68.5 Å². The van der Waals surface area contributed by atoms with E-state index < -0.39 is 23.5 Å². The Morgan fingerprint density at radius 1 is 1.06 bits per heavy atom. The lowest BCUT2D eigenvalue weighted by molar-refractivity contribution is -0.124. The molecule has 36 heavy (non-hydrogen) atoms. The number of hydrogen-bond acceptors (Lipinski definition) is 6. The van der Waals surface area contributed by atoms with Gasteiger partial charge < -0.3 is 14.6 Å². The molecule has 0 aliphatic rings. The first-order valence-electron chi connectivity index (χ1n) is 11.7. The van der Waals surface area contributed by atoms with Gasteiger partial charge in [-0.15, -0.1) is 0 Å². The maximum absolute atomic E-state index is 13.1. The van der Waals surface area contributed by atoms with E-state index in [1.165, 1.54) is 6.08 Å². The molecule has 0 saturated heterocycles. The minimum Gasteiger partial charge on any atom is -0.491 e. The third-order valence-electron chi connectivity index (χ3n) is 5.82. The Balaban J connectivity index is 1.84. The van der Waals surface area contributed by atoms with Crippen molar-refractivity contribution in [3.63, 3.8) is 0 Å². The second kappa shape index (κ2) is 12.7. The molecule has 0 aliphatic carbocycles. The summed E-state index contributed by atoms with van der Waals surface area (Å²) in [6.07, 6.45) is 2.76. The average Bonchev–Trinajstić information content (AvgIpc) is 2.88. The van der Waals surface area contributed by atoms with Crippen molar-refractivity contribution in [2.45, 2.75) is 32.8 Å². The molecule has 3 aromatic carbocycles. The number of carbonyl (C=O) groups excluding carboxylic acids is 2. The van der Waals surface area contributed by atoms with Gasteiger partial charge in [0, 0.05) is 16.9 Å². The van der Waals surface area contributed by atoms with Gasteiger partial charge in [0.25, 0.3) is 5.91 Å². The maximum Gasteiger partial charge on any atom is 0.412 e. The van der Waals surface area contributed by atoms with Gasteiger partial charge in [-0.2, -0.15) is 0 Å². The number of fused-ring (bicyclic) bond motifs is 1. The molecule has 0 heterocycles. The van der Waals surface area contributed by atoms with E-state index in [9.17, 15) is 9.59 Å². The van der Waals surface area contributed by atoms with Crippen molar-refractivity contribution in [1.82, 2.24) is 5.48 Å². The fourth-order valence-corrected chi connectivity index (χ4v) is 4.00. The van der Waals surface area contributed by atoms with E-state index in [0.717, 1.165) is 16.3 Å². The first-order chi connectivity index (χ1) is 17.3. The topological polar surface area (TPSA) is 117 Å². The van der Waals surface area contributed by atoms with Gasteiger partial charge in [-0.05, 0) is 42.0 Å². The van der Waals surface area contributed by atoms with Crippen molar-refractivity contribution in [2.75, 3.05) is 18.5 Å². The Hall–Kier alpha value is -3.88. The molecule has 8 heteroatoms. The SMILES string of the molecule is CC(C)(CC/C=C/C(=O)NO)[C@H](OC(=O)Nc1cccc2ccccc12)c1cccc(OCCO)c1. The van der Waals surface area contributed by atoms with Crippen molar-refractivity contribution in [3.05, 3.63) is 84.4 Å². The van der Waals surface area contributed by atoms with Crippen LogP contribution < -0.4 is 15.5 Å². The molecule has 0 unspecified atom stereocenters. The lowest BCUT2D eigenvalue weighted by Gasteiger charge is -2.34. The number of aliphatic hydroxyl groups excluding tert-OH is 1. The highest BCUT2D eigenvalue weighted by molar-refractivity contribution is 6.00. The lowest BCUT2D eigenvalue weighted by Crippen LogP contribution is -2.29. The number of hydroxylamine groups is 1. The second-order valence-corrected chi connectivity index (χ2v) is 8.99. The lowest BCUT2D eigenvalue weighted by atomic mass is 9.78. The van der Waals surface area contributed by atoms with E-state index in [-0.39, 0.29) is 13.2 Å². The van der Waals surface area contributed by atoms with Crippen LogP contribution >= 0.6 is 0 Å². The van der Waals surface area contributed by atoms with Crippen LogP contribution in [0.25, 0.3) is 10.8 Å². The summed E-state index contributed by atoms with van der Waals surface area (Å²) in [6.45, 7) is 3.99. The zero-order valence-corrected chi connectivity index (χ0v) is 20.4. The number of ether oxygens (including phenoxy) is 2. The highest BCUT2D eigenvalue weighted by Gasteiger charge is 2.34. The highest BCUT2D eigenvalue weighted by Crippen LogP contribution is 2.41. The molecular formula is C28H32N2O6. The predicted octanol–water partition coefficient (Wildman–Crippen LogP) is 5.37. The summed E-state index contributed by atoms with van der Waals surface area (Å²) in [5.41, 5.74) is 2.41. The van der Waals surface area contributed by atoms with Crippen molar-refractivity contribution < 1.29 is 29.4 Å². The third kappa shape index (κ3) is 7.31. The minimum atomic E-state index is -0.648. The van der Waals surface area contributed by atoms with Gasteiger partial charge in [0.1, 0.15) is 18.5 Å². The van der Waals surface area contributed by atoms with Crippen LogP contribution in [0.2, 0.25) is 0 Å². The Morgan fingerprint density at radius 3 is 2.58 bits per heavy atom. The molecule has 0 aromatic heterocycles. The standard InChI is InChI=1S/C28H32N2O6/c1-28(2,16-6-5-15-25(32)30-34)26(21-11-7-12-22(19-21)35-18-17-31)36-27(33)29-24-14-8-10-20-9-3-4-13-23(20)24/h3-5,7-15,19,26,31,34H,6,16-18H2,1-2H3,(H,29,33)(H,30,32)/b15-5+/t26-/m1/s1. The van der Waals surface area contributed by atoms with E-state index in [2.05, 4.69) is 5.32 Å². The normalized spacial score (nSPS) is 12.3. The molecule has 0 bridgehead atoms. The van der Waals surface area contributed by atoms with Crippen LogP contribution in [0.1, 0.15) is 38.4 Å².